The SMILES string of the molecule is Cc1ccc(C(=O)NCCNc2nc(Cl)nc3c2ncn3[C@@H]2O[C@H](CSCCC(N)C(=O)O)[C@@H](O)[C@H]2O)cc1. The van der Waals surface area contributed by atoms with E-state index in [1.807, 2.05) is 19.1 Å². The number of benzene rings is 1. The zero-order valence-electron chi connectivity index (χ0n) is 21.0. The second kappa shape index (κ2) is 12.9. The van der Waals surface area contributed by atoms with E-state index in [0.29, 0.717) is 41.5 Å². The Labute approximate surface area is 233 Å². The van der Waals surface area contributed by atoms with Crippen LogP contribution in [-0.4, -0.2) is 95.7 Å². The van der Waals surface area contributed by atoms with Crippen molar-refractivity contribution in [3.8, 4) is 0 Å². The van der Waals surface area contributed by atoms with Gasteiger partial charge in [-0.3, -0.25) is 14.2 Å². The Morgan fingerprint density at radius 1 is 1.21 bits per heavy atom. The second-order valence-electron chi connectivity index (χ2n) is 9.07. The molecule has 0 aliphatic carbocycles. The van der Waals surface area contributed by atoms with Crippen molar-refractivity contribution in [3.05, 3.63) is 47.0 Å². The number of nitrogens with two attached hydrogens (primary N) is 1. The molecule has 4 rings (SSSR count). The highest BCUT2D eigenvalue weighted by Crippen LogP contribution is 2.34. The topological polar surface area (TPSA) is 198 Å². The van der Waals surface area contributed by atoms with Crippen LogP contribution in [0.2, 0.25) is 5.28 Å². The van der Waals surface area contributed by atoms with E-state index in [1.54, 1.807) is 12.1 Å². The number of halogens is 1. The van der Waals surface area contributed by atoms with Crippen LogP contribution < -0.4 is 16.4 Å². The zero-order valence-corrected chi connectivity index (χ0v) is 22.6. The number of fused-ring (bicyclic) bond motifs is 1. The lowest BCUT2D eigenvalue weighted by Crippen LogP contribution is -2.33. The standard InChI is InChI=1S/C24H30ClN7O6S/c1-12-2-4-13(5-3-12)21(35)28-8-7-27-19-16-20(31-24(25)30-19)32(11-29-16)22-18(34)17(33)15(38-22)10-39-9-6-14(26)23(36)37/h2-5,11,14-15,17-18,22,33-34H,6-10,26H2,1H3,(H,28,35)(H,36,37)(H,27,30,31)/t14?,15-,17-,18-,22-/m1/s1. The van der Waals surface area contributed by atoms with Crippen LogP contribution >= 0.6 is 23.4 Å². The Kier molecular flexibility index (Phi) is 9.58. The van der Waals surface area contributed by atoms with Crippen LogP contribution in [-0.2, 0) is 9.53 Å². The van der Waals surface area contributed by atoms with Gasteiger partial charge in [0.05, 0.1) is 12.4 Å². The molecule has 0 saturated carbocycles. The minimum absolute atomic E-state index is 0.0645. The molecule has 0 radical (unpaired) electrons. The number of carbonyl (C=O) groups excluding carboxylic acids is 1. The maximum atomic E-state index is 12.3. The molecule has 1 aliphatic rings. The number of thioether (sulfide) groups is 1. The summed E-state index contributed by atoms with van der Waals surface area (Å²) in [6.45, 7) is 2.59. The molecule has 1 fully saturated rings. The molecule has 7 N–H and O–H groups in total. The van der Waals surface area contributed by atoms with E-state index in [9.17, 15) is 19.8 Å². The first kappa shape index (κ1) is 29.0. The van der Waals surface area contributed by atoms with Gasteiger partial charge in [-0.1, -0.05) is 17.7 Å². The Bertz CT molecular complexity index is 1310. The van der Waals surface area contributed by atoms with Crippen molar-refractivity contribution < 1.29 is 29.6 Å². The average Bonchev–Trinajstić information content (AvgIpc) is 3.44. The summed E-state index contributed by atoms with van der Waals surface area (Å²) in [5, 5.41) is 36.0. The number of carboxylic acid groups (broad SMARTS) is 1. The minimum Gasteiger partial charge on any atom is -0.480 e. The number of carbonyl (C=O) groups is 2. The van der Waals surface area contributed by atoms with Crippen molar-refractivity contribution in [1.29, 1.82) is 0 Å². The summed E-state index contributed by atoms with van der Waals surface area (Å²) >= 11 is 7.53. The third-order valence-corrected chi connectivity index (χ3v) is 7.45. The van der Waals surface area contributed by atoms with Gasteiger partial charge in [0.25, 0.3) is 5.91 Å². The molecule has 5 atom stereocenters. The Morgan fingerprint density at radius 2 is 1.95 bits per heavy atom. The minimum atomic E-state index is -1.27. The molecule has 1 aromatic carbocycles. The number of nitrogens with one attached hydrogen (secondary N) is 2. The van der Waals surface area contributed by atoms with Crippen molar-refractivity contribution in [1.82, 2.24) is 24.8 Å². The molecular weight excluding hydrogens is 550 g/mol. The number of hydrogen-bond donors (Lipinski definition) is 6. The molecule has 1 saturated heterocycles. The van der Waals surface area contributed by atoms with Gasteiger partial charge in [0.2, 0.25) is 5.28 Å². The van der Waals surface area contributed by atoms with E-state index < -0.39 is 36.6 Å². The molecule has 39 heavy (non-hydrogen) atoms. The van der Waals surface area contributed by atoms with Crippen LogP contribution in [0.25, 0.3) is 11.2 Å². The highest BCUT2D eigenvalue weighted by Gasteiger charge is 2.44. The van der Waals surface area contributed by atoms with Crippen LogP contribution in [0.3, 0.4) is 0 Å². The molecule has 15 heteroatoms. The fourth-order valence-corrected chi connectivity index (χ4v) is 5.25. The third-order valence-electron chi connectivity index (χ3n) is 6.19. The number of anilines is 1. The lowest BCUT2D eigenvalue weighted by molar-refractivity contribution is -0.138. The van der Waals surface area contributed by atoms with E-state index in [-0.39, 0.29) is 23.3 Å². The van der Waals surface area contributed by atoms with Crippen LogP contribution in [0.1, 0.15) is 28.6 Å². The number of aliphatic hydroxyl groups excluding tert-OH is 2. The van der Waals surface area contributed by atoms with E-state index >= 15 is 0 Å². The summed E-state index contributed by atoms with van der Waals surface area (Å²) in [6, 6.07) is 6.29. The Hall–Kier alpha value is -3.01. The van der Waals surface area contributed by atoms with Crippen LogP contribution in [0, 0.1) is 6.92 Å². The Balaban J connectivity index is 1.37. The van der Waals surface area contributed by atoms with Crippen molar-refractivity contribution in [2.45, 2.75) is 43.9 Å². The largest absolute Gasteiger partial charge is 0.480 e. The van der Waals surface area contributed by atoms with E-state index in [2.05, 4.69) is 25.6 Å². The Morgan fingerprint density at radius 3 is 2.67 bits per heavy atom. The maximum Gasteiger partial charge on any atom is 0.320 e. The first-order valence-electron chi connectivity index (χ1n) is 12.2. The number of aromatic nitrogens is 4. The smallest absolute Gasteiger partial charge is 0.320 e. The summed E-state index contributed by atoms with van der Waals surface area (Å²) in [5.41, 5.74) is 7.80. The van der Waals surface area contributed by atoms with Crippen molar-refractivity contribution in [3.63, 3.8) is 0 Å². The van der Waals surface area contributed by atoms with Crippen molar-refractivity contribution in [2.75, 3.05) is 29.9 Å². The van der Waals surface area contributed by atoms with Gasteiger partial charge in [0.15, 0.2) is 23.2 Å². The summed E-state index contributed by atoms with van der Waals surface area (Å²) in [5.74, 6) is -0.154. The quantitative estimate of drug-likeness (QED) is 0.130. The van der Waals surface area contributed by atoms with Gasteiger partial charge in [-0.05, 0) is 42.8 Å². The number of rotatable bonds is 12. The zero-order chi connectivity index (χ0) is 28.1. The molecule has 0 bridgehead atoms. The van der Waals surface area contributed by atoms with Gasteiger partial charge >= 0.3 is 5.97 Å². The maximum absolute atomic E-state index is 12.3. The number of aliphatic carboxylic acids is 1. The van der Waals surface area contributed by atoms with Gasteiger partial charge in [0.1, 0.15) is 18.2 Å². The molecule has 3 aromatic rings. The summed E-state index contributed by atoms with van der Waals surface area (Å²) in [6.07, 6.45) is -2.45. The molecule has 2 aromatic heterocycles. The normalized spacial score (nSPS) is 21.7. The number of aryl methyl sites for hydroxylation is 1. The number of nitrogens with zero attached hydrogens (tertiary/aromatic N) is 4. The van der Waals surface area contributed by atoms with Gasteiger partial charge in [-0.25, -0.2) is 4.98 Å². The van der Waals surface area contributed by atoms with Crippen LogP contribution in [0.5, 0.6) is 0 Å². The van der Waals surface area contributed by atoms with Crippen molar-refractivity contribution >= 4 is 52.2 Å². The highest BCUT2D eigenvalue weighted by molar-refractivity contribution is 7.99. The number of imidazole rings is 1. The fourth-order valence-electron chi connectivity index (χ4n) is 3.99. The number of amides is 1. The predicted octanol–water partition coefficient (Wildman–Crippen LogP) is 0.784. The second-order valence-corrected chi connectivity index (χ2v) is 10.6. The summed E-state index contributed by atoms with van der Waals surface area (Å²) in [7, 11) is 0. The molecule has 3 heterocycles. The number of aliphatic hydroxyl groups is 2. The molecule has 1 unspecified atom stereocenters. The van der Waals surface area contributed by atoms with Gasteiger partial charge in [-0.15, -0.1) is 0 Å². The lowest BCUT2D eigenvalue weighted by Gasteiger charge is -2.17. The number of hydrogen-bond acceptors (Lipinski definition) is 11. The summed E-state index contributed by atoms with van der Waals surface area (Å²) < 4.78 is 7.41. The van der Waals surface area contributed by atoms with Gasteiger partial charge in [0, 0.05) is 24.4 Å². The van der Waals surface area contributed by atoms with Gasteiger partial charge < -0.3 is 36.4 Å². The molecule has 13 nitrogen and oxygen atoms in total. The fraction of sp³-hybridized carbons (Fsp3) is 0.458. The molecule has 0 spiro atoms. The lowest BCUT2D eigenvalue weighted by atomic mass is 10.1. The predicted molar refractivity (Wildman–Crippen MR) is 146 cm³/mol. The first-order chi connectivity index (χ1) is 18.7. The molecule has 1 aliphatic heterocycles. The molecule has 210 valence electrons. The highest BCUT2D eigenvalue weighted by atomic mass is 35.5. The average molecular weight is 580 g/mol. The van der Waals surface area contributed by atoms with Gasteiger partial charge in [-0.2, -0.15) is 21.7 Å². The number of ether oxygens (including phenoxy) is 1. The van der Waals surface area contributed by atoms with Crippen LogP contribution in [0.4, 0.5) is 5.82 Å². The monoisotopic (exact) mass is 579 g/mol. The van der Waals surface area contributed by atoms with Crippen molar-refractivity contribution in [2.24, 2.45) is 5.73 Å². The molecular formula is C24H30ClN7O6S. The van der Waals surface area contributed by atoms with E-state index in [4.69, 9.17) is 27.2 Å². The summed E-state index contributed by atoms with van der Waals surface area (Å²) in [4.78, 5) is 36.0. The first-order valence-corrected chi connectivity index (χ1v) is 13.8. The third kappa shape index (κ3) is 6.96. The van der Waals surface area contributed by atoms with E-state index in [0.717, 1.165) is 5.56 Å². The van der Waals surface area contributed by atoms with E-state index in [1.165, 1.54) is 22.7 Å². The molecule has 1 amide bonds. The van der Waals surface area contributed by atoms with Crippen LogP contribution in [0.15, 0.2) is 30.6 Å². The number of carboxylic acids is 1.